The van der Waals surface area contributed by atoms with Crippen LogP contribution >= 0.6 is 0 Å². The normalized spacial score (nSPS) is 11.4. The van der Waals surface area contributed by atoms with Crippen molar-refractivity contribution in [2.24, 2.45) is 0 Å². The summed E-state index contributed by atoms with van der Waals surface area (Å²) in [5.74, 6) is -1.84. The lowest BCUT2D eigenvalue weighted by Crippen LogP contribution is -2.11. The minimum atomic E-state index is -4.81. The molecule has 0 saturated heterocycles. The maximum absolute atomic E-state index is 13.1. The molecule has 1 aromatic heterocycles. The molecule has 0 aliphatic rings. The molecule has 0 amide bonds. The van der Waals surface area contributed by atoms with Crippen LogP contribution in [0.4, 0.5) is 17.6 Å². The third kappa shape index (κ3) is 3.87. The molecule has 2 aromatic rings. The Morgan fingerprint density at radius 1 is 1.10 bits per heavy atom. The summed E-state index contributed by atoms with van der Waals surface area (Å²) in [6.07, 6.45) is -1.24. The lowest BCUT2D eigenvalue weighted by Gasteiger charge is -2.09. The van der Waals surface area contributed by atoms with Crippen LogP contribution < -0.4 is 0 Å². The van der Waals surface area contributed by atoms with E-state index < -0.39 is 23.3 Å². The molecular weight excluding hydrogens is 286 g/mol. The van der Waals surface area contributed by atoms with Crippen molar-refractivity contribution < 1.29 is 22.4 Å². The highest BCUT2D eigenvalue weighted by molar-refractivity contribution is 5.96. The van der Waals surface area contributed by atoms with Crippen LogP contribution in [0.5, 0.6) is 0 Å². The molecule has 2 rings (SSSR count). The average molecular weight is 297 g/mol. The van der Waals surface area contributed by atoms with E-state index in [1.165, 1.54) is 0 Å². The molecule has 0 radical (unpaired) electrons. The molecule has 0 fully saturated rings. The number of alkyl halides is 3. The SMILES string of the molecule is O=C(CCc1ccncc1)c1ccc(F)c(C(F)(F)F)c1. The topological polar surface area (TPSA) is 30.0 Å². The van der Waals surface area contributed by atoms with Crippen molar-refractivity contribution in [1.29, 1.82) is 0 Å². The van der Waals surface area contributed by atoms with Gasteiger partial charge in [0.15, 0.2) is 5.78 Å². The fourth-order valence-corrected chi connectivity index (χ4v) is 1.87. The number of benzene rings is 1. The molecule has 0 saturated carbocycles. The first-order chi connectivity index (χ1) is 9.88. The number of pyridine rings is 1. The van der Waals surface area contributed by atoms with Crippen LogP contribution in [0.15, 0.2) is 42.7 Å². The van der Waals surface area contributed by atoms with Gasteiger partial charge in [-0.2, -0.15) is 13.2 Å². The third-order valence-corrected chi connectivity index (χ3v) is 2.98. The minimum Gasteiger partial charge on any atom is -0.294 e. The number of halogens is 4. The summed E-state index contributed by atoms with van der Waals surface area (Å²) in [7, 11) is 0. The van der Waals surface area contributed by atoms with Crippen molar-refractivity contribution >= 4 is 5.78 Å². The Hall–Kier alpha value is -2.24. The largest absolute Gasteiger partial charge is 0.419 e. The highest BCUT2D eigenvalue weighted by Crippen LogP contribution is 2.32. The predicted octanol–water partition coefficient (Wildman–Crippen LogP) is 4.06. The van der Waals surface area contributed by atoms with Gasteiger partial charge in [-0.15, -0.1) is 0 Å². The van der Waals surface area contributed by atoms with Gasteiger partial charge < -0.3 is 0 Å². The molecule has 110 valence electrons. The second-order valence-electron chi connectivity index (χ2n) is 4.47. The summed E-state index contributed by atoms with van der Waals surface area (Å²) < 4.78 is 50.9. The number of aromatic nitrogens is 1. The number of Topliss-reactive ketones (excluding diaryl/α,β-unsaturated/α-hetero) is 1. The number of hydrogen-bond donors (Lipinski definition) is 0. The summed E-state index contributed by atoms with van der Waals surface area (Å²) in [4.78, 5) is 15.7. The van der Waals surface area contributed by atoms with Crippen molar-refractivity contribution in [1.82, 2.24) is 4.98 Å². The Labute approximate surface area is 118 Å². The average Bonchev–Trinajstić information content (AvgIpc) is 2.45. The van der Waals surface area contributed by atoms with Crippen LogP contribution in [0.25, 0.3) is 0 Å². The van der Waals surface area contributed by atoms with Gasteiger partial charge in [-0.3, -0.25) is 9.78 Å². The van der Waals surface area contributed by atoms with E-state index in [4.69, 9.17) is 0 Å². The van der Waals surface area contributed by atoms with Crippen LogP contribution in [0.2, 0.25) is 0 Å². The van der Waals surface area contributed by atoms with Gasteiger partial charge in [0.25, 0.3) is 0 Å². The van der Waals surface area contributed by atoms with Crippen LogP contribution in [0.3, 0.4) is 0 Å². The molecule has 0 spiro atoms. The fraction of sp³-hybridized carbons (Fsp3) is 0.200. The molecule has 6 heteroatoms. The molecular formula is C15H11F4NO. The third-order valence-electron chi connectivity index (χ3n) is 2.98. The van der Waals surface area contributed by atoms with Gasteiger partial charge in [0.05, 0.1) is 5.56 Å². The predicted molar refractivity (Wildman–Crippen MR) is 68.3 cm³/mol. The number of rotatable bonds is 4. The Balaban J connectivity index is 2.13. The summed E-state index contributed by atoms with van der Waals surface area (Å²) in [6, 6.07) is 5.74. The number of hydrogen-bond acceptors (Lipinski definition) is 2. The van der Waals surface area contributed by atoms with Crippen LogP contribution in [-0.2, 0) is 12.6 Å². The second kappa shape index (κ2) is 6.03. The van der Waals surface area contributed by atoms with Crippen molar-refractivity contribution in [3.63, 3.8) is 0 Å². The molecule has 0 bridgehead atoms. The second-order valence-corrected chi connectivity index (χ2v) is 4.47. The van der Waals surface area contributed by atoms with Gasteiger partial charge in [0, 0.05) is 24.4 Å². The Morgan fingerprint density at radius 3 is 2.38 bits per heavy atom. The highest BCUT2D eigenvalue weighted by Gasteiger charge is 2.34. The van der Waals surface area contributed by atoms with Gasteiger partial charge in [0.2, 0.25) is 0 Å². The van der Waals surface area contributed by atoms with E-state index in [0.717, 1.165) is 11.6 Å². The standard InChI is InChI=1S/C15H11F4NO/c16-13-3-2-11(9-12(13)15(17,18)19)14(21)4-1-10-5-7-20-8-6-10/h2-3,5-9H,1,4H2. The molecule has 0 aliphatic heterocycles. The van der Waals surface area contributed by atoms with E-state index in [9.17, 15) is 22.4 Å². The maximum Gasteiger partial charge on any atom is 0.419 e. The molecule has 21 heavy (non-hydrogen) atoms. The molecule has 0 N–H and O–H groups in total. The van der Waals surface area contributed by atoms with Crippen LogP contribution in [0.1, 0.15) is 27.9 Å². The molecule has 2 nitrogen and oxygen atoms in total. The Kier molecular flexibility index (Phi) is 4.35. The number of nitrogens with zero attached hydrogens (tertiary/aromatic N) is 1. The zero-order valence-corrected chi connectivity index (χ0v) is 10.8. The smallest absolute Gasteiger partial charge is 0.294 e. The van der Waals surface area contributed by atoms with E-state index in [-0.39, 0.29) is 12.0 Å². The van der Waals surface area contributed by atoms with Crippen LogP contribution in [-0.4, -0.2) is 10.8 Å². The summed E-state index contributed by atoms with van der Waals surface area (Å²) >= 11 is 0. The first kappa shape index (κ1) is 15.2. The van der Waals surface area contributed by atoms with Crippen LogP contribution in [0, 0.1) is 5.82 Å². The van der Waals surface area contributed by atoms with E-state index in [1.807, 2.05) is 0 Å². The highest BCUT2D eigenvalue weighted by atomic mass is 19.4. The maximum atomic E-state index is 13.1. The van der Waals surface area contributed by atoms with E-state index in [2.05, 4.69) is 4.98 Å². The molecule has 0 unspecified atom stereocenters. The number of carbonyl (C=O) groups is 1. The van der Waals surface area contributed by atoms with E-state index in [1.54, 1.807) is 24.5 Å². The summed E-state index contributed by atoms with van der Waals surface area (Å²) in [5, 5.41) is 0. The molecule has 0 aliphatic carbocycles. The molecule has 1 aromatic carbocycles. The first-order valence-electron chi connectivity index (χ1n) is 6.17. The van der Waals surface area contributed by atoms with Crippen molar-refractivity contribution in [3.05, 3.63) is 65.2 Å². The van der Waals surface area contributed by atoms with Crippen molar-refractivity contribution in [3.8, 4) is 0 Å². The first-order valence-corrected chi connectivity index (χ1v) is 6.17. The van der Waals surface area contributed by atoms with Gasteiger partial charge in [-0.1, -0.05) is 0 Å². The van der Waals surface area contributed by atoms with Crippen molar-refractivity contribution in [2.75, 3.05) is 0 Å². The zero-order valence-electron chi connectivity index (χ0n) is 10.8. The van der Waals surface area contributed by atoms with Crippen molar-refractivity contribution in [2.45, 2.75) is 19.0 Å². The van der Waals surface area contributed by atoms with Gasteiger partial charge in [-0.25, -0.2) is 4.39 Å². The van der Waals surface area contributed by atoms with E-state index in [0.29, 0.717) is 18.6 Å². The van der Waals surface area contributed by atoms with Gasteiger partial charge in [0.1, 0.15) is 5.82 Å². The Morgan fingerprint density at radius 2 is 1.76 bits per heavy atom. The summed E-state index contributed by atoms with van der Waals surface area (Å²) in [6.45, 7) is 0. The fourth-order valence-electron chi connectivity index (χ4n) is 1.87. The van der Waals surface area contributed by atoms with E-state index >= 15 is 0 Å². The molecule has 1 heterocycles. The number of aryl methyl sites for hydroxylation is 1. The number of ketones is 1. The monoisotopic (exact) mass is 297 g/mol. The Bertz CT molecular complexity index is 638. The quantitative estimate of drug-likeness (QED) is 0.629. The van der Waals surface area contributed by atoms with Gasteiger partial charge in [-0.05, 0) is 42.3 Å². The zero-order chi connectivity index (χ0) is 15.5. The lowest BCUT2D eigenvalue weighted by atomic mass is 10.0. The minimum absolute atomic E-state index is 0.0486. The molecule has 0 atom stereocenters. The van der Waals surface area contributed by atoms with Gasteiger partial charge >= 0.3 is 6.18 Å². The lowest BCUT2D eigenvalue weighted by molar-refractivity contribution is -0.140. The summed E-state index contributed by atoms with van der Waals surface area (Å²) in [5.41, 5.74) is -0.702. The number of carbonyl (C=O) groups excluding carboxylic acids is 1.